The smallest absolute Gasteiger partial charge is 0.163 e. The van der Waals surface area contributed by atoms with E-state index >= 15 is 0 Å². The first-order valence-corrected chi connectivity index (χ1v) is 5.00. The Hall–Kier alpha value is -1.69. The molecule has 0 unspecified atom stereocenters. The average Bonchev–Trinajstić information content (AvgIpc) is 2.85. The van der Waals surface area contributed by atoms with Gasteiger partial charge in [0.1, 0.15) is 12.1 Å². The maximum atomic E-state index is 5.75. The Morgan fingerprint density at radius 1 is 1.47 bits per heavy atom. The van der Waals surface area contributed by atoms with Crippen LogP contribution in [0.15, 0.2) is 12.5 Å². The highest BCUT2D eigenvalue weighted by molar-refractivity contribution is 5.84. The van der Waals surface area contributed by atoms with Crippen LogP contribution in [0.4, 0.5) is 5.82 Å². The van der Waals surface area contributed by atoms with Crippen molar-refractivity contribution in [3.05, 3.63) is 12.5 Å². The Labute approximate surface area is 86.5 Å². The van der Waals surface area contributed by atoms with Crippen LogP contribution in [0.1, 0.15) is 12.5 Å². The molecule has 78 valence electrons. The van der Waals surface area contributed by atoms with Crippen LogP contribution >= 0.6 is 0 Å². The Morgan fingerprint density at radius 3 is 3.20 bits per heavy atom. The van der Waals surface area contributed by atoms with Crippen LogP contribution in [-0.4, -0.2) is 32.8 Å². The van der Waals surface area contributed by atoms with Crippen LogP contribution in [0.3, 0.4) is 0 Å². The minimum absolute atomic E-state index is 0.386. The van der Waals surface area contributed by atoms with Crippen molar-refractivity contribution in [3.63, 3.8) is 0 Å². The first kappa shape index (κ1) is 8.60. The second-order valence-corrected chi connectivity index (χ2v) is 3.73. The van der Waals surface area contributed by atoms with Crippen LogP contribution in [0.5, 0.6) is 0 Å². The molecule has 1 aliphatic rings. The van der Waals surface area contributed by atoms with Gasteiger partial charge >= 0.3 is 0 Å². The highest BCUT2D eigenvalue weighted by atomic mass is 15.3. The van der Waals surface area contributed by atoms with Crippen molar-refractivity contribution in [2.75, 3.05) is 18.8 Å². The minimum atomic E-state index is 0.386. The van der Waals surface area contributed by atoms with E-state index in [0.717, 1.165) is 30.5 Å². The Bertz CT molecular complexity index is 484. The van der Waals surface area contributed by atoms with E-state index in [2.05, 4.69) is 20.4 Å². The van der Waals surface area contributed by atoms with Gasteiger partial charge in [0.05, 0.1) is 17.6 Å². The molecule has 0 spiro atoms. The van der Waals surface area contributed by atoms with E-state index in [1.54, 1.807) is 6.20 Å². The molecule has 0 amide bonds. The zero-order valence-corrected chi connectivity index (χ0v) is 8.22. The molecule has 0 aliphatic carbocycles. The van der Waals surface area contributed by atoms with Crippen LogP contribution in [-0.2, 0) is 0 Å². The molecule has 6 heteroatoms. The van der Waals surface area contributed by atoms with Crippen molar-refractivity contribution < 1.29 is 0 Å². The predicted octanol–water partition coefficient (Wildman–Crippen LogP) is -0.0571. The number of fused-ring (bicyclic) bond motifs is 1. The molecule has 15 heavy (non-hydrogen) atoms. The van der Waals surface area contributed by atoms with E-state index in [0.29, 0.717) is 11.9 Å². The molecule has 2 aromatic rings. The number of aromatic nitrogens is 4. The molecule has 3 rings (SSSR count). The maximum absolute atomic E-state index is 5.75. The lowest BCUT2D eigenvalue weighted by atomic mass is 10.2. The Balaban J connectivity index is 2.15. The molecule has 0 saturated carbocycles. The molecule has 1 aliphatic heterocycles. The van der Waals surface area contributed by atoms with Crippen LogP contribution in [0.25, 0.3) is 11.0 Å². The average molecular weight is 204 g/mol. The summed E-state index contributed by atoms with van der Waals surface area (Å²) >= 11 is 0. The van der Waals surface area contributed by atoms with E-state index in [4.69, 9.17) is 5.73 Å². The first-order chi connectivity index (χ1) is 7.36. The van der Waals surface area contributed by atoms with Gasteiger partial charge in [0.15, 0.2) is 5.65 Å². The highest BCUT2D eigenvalue weighted by Crippen LogP contribution is 2.22. The van der Waals surface area contributed by atoms with Gasteiger partial charge in [-0.3, -0.25) is 0 Å². The zero-order valence-electron chi connectivity index (χ0n) is 8.22. The summed E-state index contributed by atoms with van der Waals surface area (Å²) in [7, 11) is 0. The Kier molecular flexibility index (Phi) is 1.81. The van der Waals surface area contributed by atoms with E-state index in [1.807, 2.05) is 4.68 Å². The summed E-state index contributed by atoms with van der Waals surface area (Å²) in [6.07, 6.45) is 4.31. The standard InChI is InChI=1S/C9H12N6/c10-8-7-4-14-15(6-1-2-11-3-6)9(7)13-5-12-8/h4-6,11H,1-3H2,(H2,10,12,13)/t6-/m1/s1. The molecule has 1 saturated heterocycles. The van der Waals surface area contributed by atoms with Crippen molar-refractivity contribution >= 4 is 16.9 Å². The quantitative estimate of drug-likeness (QED) is 0.680. The molecule has 3 N–H and O–H groups in total. The van der Waals surface area contributed by atoms with Crippen LogP contribution < -0.4 is 11.1 Å². The number of nitrogen functional groups attached to an aromatic ring is 1. The maximum Gasteiger partial charge on any atom is 0.163 e. The third-order valence-corrected chi connectivity index (χ3v) is 2.80. The number of nitrogens with two attached hydrogens (primary N) is 1. The summed E-state index contributed by atoms with van der Waals surface area (Å²) in [5.41, 5.74) is 6.58. The molecule has 1 atom stereocenters. The van der Waals surface area contributed by atoms with Gasteiger partial charge in [-0.25, -0.2) is 14.6 Å². The van der Waals surface area contributed by atoms with Crippen molar-refractivity contribution in [1.29, 1.82) is 0 Å². The monoisotopic (exact) mass is 204 g/mol. The summed E-state index contributed by atoms with van der Waals surface area (Å²) in [6.45, 7) is 1.98. The fourth-order valence-corrected chi connectivity index (χ4v) is 2.00. The SMILES string of the molecule is Nc1ncnc2c1cnn2[C@@H]1CCNC1. The van der Waals surface area contributed by atoms with Gasteiger partial charge in [0, 0.05) is 6.54 Å². The lowest BCUT2D eigenvalue weighted by Crippen LogP contribution is -2.14. The molecular formula is C9H12N6. The fraction of sp³-hybridized carbons (Fsp3) is 0.444. The number of nitrogens with one attached hydrogen (secondary N) is 1. The molecule has 0 aromatic carbocycles. The van der Waals surface area contributed by atoms with Gasteiger partial charge in [-0.15, -0.1) is 0 Å². The van der Waals surface area contributed by atoms with Crippen LogP contribution in [0, 0.1) is 0 Å². The number of anilines is 1. The lowest BCUT2D eigenvalue weighted by Gasteiger charge is -2.09. The van der Waals surface area contributed by atoms with E-state index in [9.17, 15) is 0 Å². The fourth-order valence-electron chi connectivity index (χ4n) is 2.00. The summed E-state index contributed by atoms with van der Waals surface area (Å²) in [4.78, 5) is 8.17. The topological polar surface area (TPSA) is 81.7 Å². The van der Waals surface area contributed by atoms with Crippen LogP contribution in [0.2, 0.25) is 0 Å². The molecule has 6 nitrogen and oxygen atoms in total. The summed E-state index contributed by atoms with van der Waals surface area (Å²) in [5, 5.41) is 8.47. The van der Waals surface area contributed by atoms with Gasteiger partial charge < -0.3 is 11.1 Å². The van der Waals surface area contributed by atoms with Crippen molar-refractivity contribution in [2.24, 2.45) is 0 Å². The normalized spacial score (nSPS) is 21.2. The first-order valence-electron chi connectivity index (χ1n) is 5.00. The Morgan fingerprint density at radius 2 is 2.40 bits per heavy atom. The lowest BCUT2D eigenvalue weighted by molar-refractivity contribution is 0.503. The molecule has 3 heterocycles. The van der Waals surface area contributed by atoms with Gasteiger partial charge in [-0.1, -0.05) is 0 Å². The molecular weight excluding hydrogens is 192 g/mol. The van der Waals surface area contributed by atoms with E-state index < -0.39 is 0 Å². The second kappa shape index (κ2) is 3.16. The second-order valence-electron chi connectivity index (χ2n) is 3.73. The number of nitrogens with zero attached hydrogens (tertiary/aromatic N) is 4. The predicted molar refractivity (Wildman–Crippen MR) is 56.3 cm³/mol. The van der Waals surface area contributed by atoms with Gasteiger partial charge in [-0.2, -0.15) is 5.10 Å². The van der Waals surface area contributed by atoms with Gasteiger partial charge in [-0.05, 0) is 13.0 Å². The third-order valence-electron chi connectivity index (χ3n) is 2.80. The highest BCUT2D eigenvalue weighted by Gasteiger charge is 2.20. The minimum Gasteiger partial charge on any atom is -0.383 e. The number of hydrogen-bond acceptors (Lipinski definition) is 5. The van der Waals surface area contributed by atoms with Gasteiger partial charge in [0.2, 0.25) is 0 Å². The molecule has 0 radical (unpaired) electrons. The number of hydrogen-bond donors (Lipinski definition) is 2. The summed E-state index contributed by atoms with van der Waals surface area (Å²) < 4.78 is 1.94. The summed E-state index contributed by atoms with van der Waals surface area (Å²) in [5.74, 6) is 0.497. The third kappa shape index (κ3) is 1.25. The van der Waals surface area contributed by atoms with E-state index in [-0.39, 0.29) is 0 Å². The van der Waals surface area contributed by atoms with E-state index in [1.165, 1.54) is 6.33 Å². The van der Waals surface area contributed by atoms with Crippen molar-refractivity contribution in [1.82, 2.24) is 25.1 Å². The van der Waals surface area contributed by atoms with Crippen molar-refractivity contribution in [2.45, 2.75) is 12.5 Å². The molecule has 1 fully saturated rings. The largest absolute Gasteiger partial charge is 0.383 e. The van der Waals surface area contributed by atoms with Crippen molar-refractivity contribution in [3.8, 4) is 0 Å². The van der Waals surface area contributed by atoms with Gasteiger partial charge in [0.25, 0.3) is 0 Å². The molecule has 0 bridgehead atoms. The number of rotatable bonds is 1. The zero-order chi connectivity index (χ0) is 10.3. The summed E-state index contributed by atoms with van der Waals surface area (Å²) in [6, 6.07) is 0.386. The molecule has 2 aromatic heterocycles.